The fourth-order valence-electron chi connectivity index (χ4n) is 10.3. The summed E-state index contributed by atoms with van der Waals surface area (Å²) in [5.41, 5.74) is 19.9. The summed E-state index contributed by atoms with van der Waals surface area (Å²) in [5, 5.41) is 0. The van der Waals surface area contributed by atoms with Gasteiger partial charge in [0.2, 0.25) is 0 Å². The molecule has 2 aliphatic rings. The first-order valence-corrected chi connectivity index (χ1v) is 21.8. The number of hydrogen-bond donors (Lipinski definition) is 0. The molecule has 0 N–H and O–H groups in total. The van der Waals surface area contributed by atoms with Crippen LogP contribution in [0.15, 0.2) is 194 Å². The minimum absolute atomic E-state index is 0.177. The third kappa shape index (κ3) is 5.08. The number of fused-ring (bicyclic) bond motifs is 4. The Morgan fingerprint density at radius 1 is 0.381 bits per heavy atom. The van der Waals surface area contributed by atoms with Crippen LogP contribution in [0.5, 0.6) is 0 Å². The molecule has 298 valence electrons. The first kappa shape index (κ1) is 35.8. The van der Waals surface area contributed by atoms with Crippen LogP contribution in [0.4, 0.5) is 0 Å². The van der Waals surface area contributed by atoms with Gasteiger partial charge in [-0.2, -0.15) is 0 Å². The molecule has 0 spiro atoms. The predicted octanol–water partition coefficient (Wildman–Crippen LogP) is 11.0. The molecule has 7 aromatic carbocycles. The van der Waals surface area contributed by atoms with E-state index in [1.54, 1.807) is 0 Å². The van der Waals surface area contributed by atoms with Gasteiger partial charge in [0.1, 0.15) is 22.9 Å². The Balaban J connectivity index is 1.28. The lowest BCUT2D eigenvalue weighted by molar-refractivity contribution is 0.589. The Hall–Kier alpha value is -7.90. The number of benzene rings is 7. The van der Waals surface area contributed by atoms with Crippen LogP contribution in [-0.4, -0.2) is 34.6 Å². The molecule has 0 bridgehead atoms. The van der Waals surface area contributed by atoms with Crippen molar-refractivity contribution < 1.29 is 0 Å². The van der Waals surface area contributed by atoms with Gasteiger partial charge >= 0.3 is 6.71 Å². The van der Waals surface area contributed by atoms with Crippen molar-refractivity contribution >= 4 is 34.7 Å². The monoisotopic (exact) mass is 808 g/mol. The highest BCUT2D eigenvalue weighted by Gasteiger charge is 2.48. The molecule has 0 atom stereocenters. The van der Waals surface area contributed by atoms with E-state index in [9.17, 15) is 0 Å². The van der Waals surface area contributed by atoms with Crippen LogP contribution in [0, 0.1) is 0 Å². The third-order valence-corrected chi connectivity index (χ3v) is 13.1. The quantitative estimate of drug-likeness (QED) is 0.157. The second kappa shape index (κ2) is 13.3. The number of hydrogen-bond acceptors (Lipinski definition) is 2. The van der Waals surface area contributed by atoms with E-state index in [1.807, 2.05) is 0 Å². The Bertz CT molecular complexity index is 3330. The van der Waals surface area contributed by atoms with Gasteiger partial charge in [0.25, 0.3) is 0 Å². The first-order chi connectivity index (χ1) is 31.0. The largest absolute Gasteiger partial charge is 0.302 e. The molecule has 63 heavy (non-hydrogen) atoms. The molecule has 6 nitrogen and oxygen atoms in total. The van der Waals surface area contributed by atoms with E-state index in [4.69, 9.17) is 9.97 Å². The Labute approximate surface area is 366 Å². The summed E-state index contributed by atoms with van der Waals surface area (Å²) in [5.74, 6) is 1.82. The van der Waals surface area contributed by atoms with Gasteiger partial charge in [0.15, 0.2) is 0 Å². The van der Waals surface area contributed by atoms with E-state index >= 15 is 0 Å². The van der Waals surface area contributed by atoms with Gasteiger partial charge in [-0.3, -0.25) is 17.9 Å². The van der Waals surface area contributed by atoms with E-state index < -0.39 is 0 Å². The van der Waals surface area contributed by atoms with Gasteiger partial charge in [0, 0.05) is 44.8 Å². The van der Waals surface area contributed by atoms with Gasteiger partial charge in [-0.25, -0.2) is 9.97 Å². The molecule has 2 aliphatic heterocycles. The van der Waals surface area contributed by atoms with Crippen molar-refractivity contribution in [3.63, 3.8) is 0 Å². The fourth-order valence-corrected chi connectivity index (χ4v) is 10.3. The topological polar surface area (TPSA) is 44.5 Å². The summed E-state index contributed by atoms with van der Waals surface area (Å²) in [6.07, 6.45) is 0. The first-order valence-electron chi connectivity index (χ1n) is 21.8. The highest BCUT2D eigenvalue weighted by atomic mass is 15.2. The standard InChI is InChI=1S/C56H41BN6/c1-56(2,3)42-34-43-45-44(35-42)61-47(37-24-12-5-13-25-37)49(39-28-16-7-17-29-39)63-53(41-32-20-9-21-33-41)59-51(55(61)63)57(45)50-54-60(43)46(36-22-10-4-11-23-36)48(38-26-14-6-15-27-38)62(54)52(58-50)40-30-18-8-19-31-40/h4-35H,1-3H3. The maximum Gasteiger partial charge on any atom is 0.302 e. The zero-order valence-corrected chi connectivity index (χ0v) is 35.2. The average molecular weight is 809 g/mol. The summed E-state index contributed by atoms with van der Waals surface area (Å²) in [4.78, 5) is 11.7. The highest BCUT2D eigenvalue weighted by molar-refractivity contribution is 6.98. The van der Waals surface area contributed by atoms with Crippen LogP contribution in [0.2, 0.25) is 0 Å². The molecule has 13 rings (SSSR count). The molecule has 0 saturated carbocycles. The van der Waals surface area contributed by atoms with Crippen LogP contribution in [0.3, 0.4) is 0 Å². The van der Waals surface area contributed by atoms with E-state index in [0.29, 0.717) is 0 Å². The lowest BCUT2D eigenvalue weighted by Crippen LogP contribution is -2.60. The van der Waals surface area contributed by atoms with E-state index in [-0.39, 0.29) is 12.1 Å². The zero-order chi connectivity index (χ0) is 42.0. The fraction of sp³-hybridized carbons (Fsp3) is 0.0714. The number of imidazole rings is 4. The summed E-state index contributed by atoms with van der Waals surface area (Å²) >= 11 is 0. The molecule has 11 aromatic rings. The summed E-state index contributed by atoms with van der Waals surface area (Å²) in [7, 11) is 0. The summed E-state index contributed by atoms with van der Waals surface area (Å²) in [6, 6.07) is 69.8. The van der Waals surface area contributed by atoms with Crippen LogP contribution < -0.4 is 16.6 Å². The van der Waals surface area contributed by atoms with Crippen molar-refractivity contribution in [3.05, 3.63) is 200 Å². The van der Waals surface area contributed by atoms with Crippen LogP contribution in [0.25, 0.3) is 90.5 Å². The third-order valence-electron chi connectivity index (χ3n) is 13.1. The maximum atomic E-state index is 5.84. The predicted molar refractivity (Wildman–Crippen MR) is 259 cm³/mol. The van der Waals surface area contributed by atoms with Crippen molar-refractivity contribution in [2.24, 2.45) is 0 Å². The van der Waals surface area contributed by atoms with Crippen LogP contribution in [0.1, 0.15) is 26.3 Å². The van der Waals surface area contributed by atoms with Gasteiger partial charge in [-0.15, -0.1) is 0 Å². The number of nitrogens with zero attached hydrogens (tertiary/aromatic N) is 6. The van der Waals surface area contributed by atoms with Crippen LogP contribution in [-0.2, 0) is 5.41 Å². The molecule has 6 heterocycles. The second-order valence-electron chi connectivity index (χ2n) is 17.8. The Morgan fingerprint density at radius 2 is 0.683 bits per heavy atom. The molecule has 0 saturated heterocycles. The Kier molecular flexibility index (Phi) is 7.56. The number of rotatable bonds is 6. The molecule has 0 unspecified atom stereocenters. The van der Waals surface area contributed by atoms with Crippen molar-refractivity contribution in [1.29, 1.82) is 0 Å². The molecule has 7 heteroatoms. The van der Waals surface area contributed by atoms with Gasteiger partial charge in [-0.1, -0.05) is 203 Å². The van der Waals surface area contributed by atoms with Crippen molar-refractivity contribution in [2.75, 3.05) is 0 Å². The minimum Gasteiger partial charge on any atom is -0.293 e. The van der Waals surface area contributed by atoms with Crippen molar-refractivity contribution in [3.8, 4) is 79.2 Å². The lowest BCUT2D eigenvalue weighted by atomic mass is 9.38. The van der Waals surface area contributed by atoms with E-state index in [2.05, 4.69) is 233 Å². The molecule has 0 fully saturated rings. The summed E-state index contributed by atoms with van der Waals surface area (Å²) in [6.45, 7) is 6.72. The van der Waals surface area contributed by atoms with E-state index in [1.165, 1.54) is 11.0 Å². The zero-order valence-electron chi connectivity index (χ0n) is 35.2. The van der Waals surface area contributed by atoms with Gasteiger partial charge in [0.05, 0.1) is 34.0 Å². The second-order valence-corrected chi connectivity index (χ2v) is 17.8. The average Bonchev–Trinajstić information content (AvgIpc) is 4.10. The van der Waals surface area contributed by atoms with Crippen molar-refractivity contribution in [1.82, 2.24) is 27.9 Å². The summed E-state index contributed by atoms with van der Waals surface area (Å²) < 4.78 is 9.96. The molecule has 0 radical (unpaired) electrons. The maximum absolute atomic E-state index is 5.84. The SMILES string of the molecule is CC(C)(C)c1cc2c3c(c1)-n1c(-c4ccccc4)c(-c4ccccc4)n4c(-c5ccccc5)nc(c14)B3c1nc(-c3ccccc3)n3c(-c4ccccc4)c(-c4ccccc4)n-2c13. The molecular formula is C56H41BN6. The normalized spacial score (nSPS) is 12.7. The molecular weight excluding hydrogens is 767 g/mol. The van der Waals surface area contributed by atoms with Crippen LogP contribution >= 0.6 is 0 Å². The number of aromatic nitrogens is 6. The molecule has 0 amide bonds. The molecule has 0 aliphatic carbocycles. The minimum atomic E-state index is -0.270. The lowest BCUT2D eigenvalue weighted by Gasteiger charge is -2.33. The Morgan fingerprint density at radius 3 is 1.00 bits per heavy atom. The van der Waals surface area contributed by atoms with Crippen molar-refractivity contribution in [2.45, 2.75) is 26.2 Å². The van der Waals surface area contributed by atoms with E-state index in [0.717, 1.165) is 102 Å². The molecule has 4 aromatic heterocycles. The van der Waals surface area contributed by atoms with Gasteiger partial charge < -0.3 is 0 Å². The smallest absolute Gasteiger partial charge is 0.293 e. The van der Waals surface area contributed by atoms with Gasteiger partial charge in [-0.05, 0) is 28.6 Å². The highest BCUT2D eigenvalue weighted by Crippen LogP contribution is 2.46.